The fourth-order valence-electron chi connectivity index (χ4n) is 3.02. The SMILES string of the molecule is CC(=O)Nc1cc(NC(=O)c2cccc(CSc3ccc(C)cc3C)c2)ccc1F. The van der Waals surface area contributed by atoms with Crippen molar-refractivity contribution in [2.45, 2.75) is 31.4 Å². The van der Waals surface area contributed by atoms with Crippen LogP contribution >= 0.6 is 11.8 Å². The third-order valence-corrected chi connectivity index (χ3v) is 5.70. The molecule has 3 aromatic rings. The van der Waals surface area contributed by atoms with E-state index in [2.05, 4.69) is 42.7 Å². The lowest BCUT2D eigenvalue weighted by Gasteiger charge is -2.10. The monoisotopic (exact) mass is 422 g/mol. The summed E-state index contributed by atoms with van der Waals surface area (Å²) in [6.07, 6.45) is 0. The Kier molecular flexibility index (Phi) is 6.90. The number of halogens is 1. The van der Waals surface area contributed by atoms with E-state index < -0.39 is 5.82 Å². The summed E-state index contributed by atoms with van der Waals surface area (Å²) in [5.74, 6) is -0.498. The van der Waals surface area contributed by atoms with Crippen LogP contribution in [0.2, 0.25) is 0 Å². The van der Waals surface area contributed by atoms with Gasteiger partial charge in [-0.15, -0.1) is 11.8 Å². The Labute approximate surface area is 179 Å². The molecule has 0 spiro atoms. The van der Waals surface area contributed by atoms with Crippen molar-refractivity contribution in [1.29, 1.82) is 0 Å². The zero-order valence-corrected chi connectivity index (χ0v) is 17.9. The van der Waals surface area contributed by atoms with E-state index in [-0.39, 0.29) is 17.5 Å². The van der Waals surface area contributed by atoms with Gasteiger partial charge in [-0.2, -0.15) is 0 Å². The van der Waals surface area contributed by atoms with Crippen molar-refractivity contribution in [3.05, 3.63) is 88.7 Å². The minimum absolute atomic E-state index is 0.0268. The second-order valence-corrected chi connectivity index (χ2v) is 8.11. The molecule has 0 aliphatic heterocycles. The number of nitrogens with one attached hydrogen (secondary N) is 2. The normalized spacial score (nSPS) is 10.5. The van der Waals surface area contributed by atoms with E-state index in [1.165, 1.54) is 41.1 Å². The van der Waals surface area contributed by atoms with E-state index >= 15 is 0 Å². The van der Waals surface area contributed by atoms with Gasteiger partial charge in [0.1, 0.15) is 5.82 Å². The Hall–Kier alpha value is -3.12. The number of carbonyl (C=O) groups excluding carboxylic acids is 2. The van der Waals surface area contributed by atoms with Crippen molar-refractivity contribution < 1.29 is 14.0 Å². The quantitative estimate of drug-likeness (QED) is 0.483. The number of carbonyl (C=O) groups is 2. The zero-order chi connectivity index (χ0) is 21.7. The second-order valence-electron chi connectivity index (χ2n) is 7.09. The highest BCUT2D eigenvalue weighted by atomic mass is 32.2. The second kappa shape index (κ2) is 9.59. The summed E-state index contributed by atoms with van der Waals surface area (Å²) in [6.45, 7) is 5.47. The van der Waals surface area contributed by atoms with Crippen LogP contribution in [0.4, 0.5) is 15.8 Å². The van der Waals surface area contributed by atoms with Gasteiger partial charge in [-0.3, -0.25) is 9.59 Å². The smallest absolute Gasteiger partial charge is 0.255 e. The molecule has 154 valence electrons. The van der Waals surface area contributed by atoms with E-state index in [0.29, 0.717) is 11.3 Å². The van der Waals surface area contributed by atoms with Crippen molar-refractivity contribution in [3.63, 3.8) is 0 Å². The van der Waals surface area contributed by atoms with Gasteiger partial charge < -0.3 is 10.6 Å². The average molecular weight is 423 g/mol. The largest absolute Gasteiger partial charge is 0.324 e. The van der Waals surface area contributed by atoms with E-state index in [1.54, 1.807) is 17.8 Å². The first kappa shape index (κ1) is 21.6. The predicted molar refractivity (Wildman–Crippen MR) is 121 cm³/mol. The highest BCUT2D eigenvalue weighted by Crippen LogP contribution is 2.27. The molecule has 0 atom stereocenters. The molecule has 30 heavy (non-hydrogen) atoms. The van der Waals surface area contributed by atoms with Crippen LogP contribution in [0.15, 0.2) is 65.6 Å². The molecule has 0 saturated heterocycles. The summed E-state index contributed by atoms with van der Waals surface area (Å²) in [4.78, 5) is 25.1. The van der Waals surface area contributed by atoms with Gasteiger partial charge in [0.2, 0.25) is 5.91 Å². The van der Waals surface area contributed by atoms with Gasteiger partial charge in [0.25, 0.3) is 5.91 Å². The molecule has 0 unspecified atom stereocenters. The van der Waals surface area contributed by atoms with Crippen LogP contribution in [-0.2, 0) is 10.5 Å². The fourth-order valence-corrected chi connectivity index (χ4v) is 3.97. The molecule has 0 fully saturated rings. The third kappa shape index (κ3) is 5.70. The number of hydrogen-bond donors (Lipinski definition) is 2. The van der Waals surface area contributed by atoms with Crippen molar-refractivity contribution in [3.8, 4) is 0 Å². The Morgan fingerprint density at radius 1 is 0.967 bits per heavy atom. The van der Waals surface area contributed by atoms with Crippen LogP contribution < -0.4 is 10.6 Å². The van der Waals surface area contributed by atoms with Gasteiger partial charge in [0.05, 0.1) is 5.69 Å². The minimum Gasteiger partial charge on any atom is -0.324 e. The lowest BCUT2D eigenvalue weighted by Crippen LogP contribution is -2.13. The summed E-state index contributed by atoms with van der Waals surface area (Å²) >= 11 is 1.73. The van der Waals surface area contributed by atoms with Gasteiger partial charge in [0.15, 0.2) is 0 Å². The summed E-state index contributed by atoms with van der Waals surface area (Å²) in [6, 6.07) is 17.8. The first-order valence-electron chi connectivity index (χ1n) is 9.49. The van der Waals surface area contributed by atoms with E-state index in [1.807, 2.05) is 18.2 Å². The summed E-state index contributed by atoms with van der Waals surface area (Å²) in [5.41, 5.74) is 4.45. The lowest BCUT2D eigenvalue weighted by atomic mass is 10.1. The summed E-state index contributed by atoms with van der Waals surface area (Å²) < 4.78 is 13.8. The highest BCUT2D eigenvalue weighted by Gasteiger charge is 2.10. The van der Waals surface area contributed by atoms with Crippen LogP contribution in [0.25, 0.3) is 0 Å². The van der Waals surface area contributed by atoms with Crippen LogP contribution in [0.1, 0.15) is 34.0 Å². The Morgan fingerprint density at radius 2 is 1.77 bits per heavy atom. The number of aryl methyl sites for hydroxylation is 2. The molecule has 0 radical (unpaired) electrons. The van der Waals surface area contributed by atoms with Crippen molar-refractivity contribution in [2.24, 2.45) is 0 Å². The number of thioether (sulfide) groups is 1. The third-order valence-electron chi connectivity index (χ3n) is 4.45. The van der Waals surface area contributed by atoms with Crippen LogP contribution in [0, 0.1) is 19.7 Å². The molecule has 0 bridgehead atoms. The van der Waals surface area contributed by atoms with Gasteiger partial charge in [-0.1, -0.05) is 29.8 Å². The molecule has 3 aromatic carbocycles. The number of amides is 2. The average Bonchev–Trinajstić information content (AvgIpc) is 2.69. The van der Waals surface area contributed by atoms with Crippen LogP contribution in [0.3, 0.4) is 0 Å². The lowest BCUT2D eigenvalue weighted by molar-refractivity contribution is -0.114. The van der Waals surface area contributed by atoms with Crippen molar-refractivity contribution in [2.75, 3.05) is 10.6 Å². The molecule has 3 rings (SSSR count). The van der Waals surface area contributed by atoms with E-state index in [4.69, 9.17) is 0 Å². The molecule has 0 heterocycles. The predicted octanol–water partition coefficient (Wildman–Crippen LogP) is 5.95. The number of benzene rings is 3. The maximum atomic E-state index is 13.8. The topological polar surface area (TPSA) is 58.2 Å². The summed E-state index contributed by atoms with van der Waals surface area (Å²) in [5, 5.41) is 5.16. The maximum Gasteiger partial charge on any atom is 0.255 e. The van der Waals surface area contributed by atoms with Crippen LogP contribution in [0.5, 0.6) is 0 Å². The number of hydrogen-bond acceptors (Lipinski definition) is 3. The fraction of sp³-hybridized carbons (Fsp3) is 0.167. The molecule has 0 aromatic heterocycles. The maximum absolute atomic E-state index is 13.8. The Bertz CT molecular complexity index is 1100. The number of rotatable bonds is 6. The van der Waals surface area contributed by atoms with Gasteiger partial charge in [0, 0.05) is 28.8 Å². The highest BCUT2D eigenvalue weighted by molar-refractivity contribution is 7.98. The van der Waals surface area contributed by atoms with Crippen molar-refractivity contribution >= 4 is 35.0 Å². The first-order valence-corrected chi connectivity index (χ1v) is 10.5. The molecule has 2 N–H and O–H groups in total. The van der Waals surface area contributed by atoms with Gasteiger partial charge in [-0.05, 0) is 61.4 Å². The molecule has 6 heteroatoms. The number of anilines is 2. The molecule has 4 nitrogen and oxygen atoms in total. The molecular formula is C24H23FN2O2S. The van der Waals surface area contributed by atoms with Gasteiger partial charge >= 0.3 is 0 Å². The van der Waals surface area contributed by atoms with E-state index in [0.717, 1.165) is 11.3 Å². The minimum atomic E-state index is -0.561. The Morgan fingerprint density at radius 3 is 2.50 bits per heavy atom. The molecule has 0 aliphatic rings. The molecule has 0 aliphatic carbocycles. The Balaban J connectivity index is 1.69. The van der Waals surface area contributed by atoms with Gasteiger partial charge in [-0.25, -0.2) is 4.39 Å². The molecule has 0 saturated carbocycles. The summed E-state index contributed by atoms with van der Waals surface area (Å²) in [7, 11) is 0. The van der Waals surface area contributed by atoms with Crippen LogP contribution in [-0.4, -0.2) is 11.8 Å². The molecular weight excluding hydrogens is 399 g/mol. The first-order chi connectivity index (χ1) is 14.3. The van der Waals surface area contributed by atoms with Crippen molar-refractivity contribution in [1.82, 2.24) is 0 Å². The zero-order valence-electron chi connectivity index (χ0n) is 17.1. The molecule has 2 amide bonds. The van der Waals surface area contributed by atoms with E-state index in [9.17, 15) is 14.0 Å². The standard InChI is InChI=1S/C24H23FN2O2S/c1-15-7-10-23(16(2)11-15)30-14-18-5-4-6-19(12-18)24(29)27-20-8-9-21(25)22(13-20)26-17(3)28/h4-13H,14H2,1-3H3,(H,26,28)(H,27,29).